The average molecular weight is 185 g/mol. The second-order valence-corrected chi connectivity index (χ2v) is 4.85. The summed E-state index contributed by atoms with van der Waals surface area (Å²) in [4.78, 5) is 0. The van der Waals surface area contributed by atoms with Gasteiger partial charge in [-0.1, -0.05) is 27.7 Å². The molecule has 1 aliphatic heterocycles. The van der Waals surface area contributed by atoms with Crippen LogP contribution in [-0.2, 0) is 0 Å². The van der Waals surface area contributed by atoms with Crippen LogP contribution in [0, 0.1) is 11.8 Å². The van der Waals surface area contributed by atoms with E-state index in [2.05, 4.69) is 33.0 Å². The molecule has 1 rings (SSSR count). The van der Waals surface area contributed by atoms with Crippen molar-refractivity contribution in [1.82, 2.24) is 5.32 Å². The molecule has 0 bridgehead atoms. The maximum atomic E-state index is 10.6. The highest BCUT2D eigenvalue weighted by Crippen LogP contribution is 2.33. The van der Waals surface area contributed by atoms with Crippen LogP contribution in [-0.4, -0.2) is 23.3 Å². The van der Waals surface area contributed by atoms with E-state index in [1.54, 1.807) is 0 Å². The van der Waals surface area contributed by atoms with Crippen LogP contribution in [0.15, 0.2) is 0 Å². The molecule has 1 saturated heterocycles. The van der Waals surface area contributed by atoms with Gasteiger partial charge in [-0.15, -0.1) is 0 Å². The van der Waals surface area contributed by atoms with Crippen LogP contribution in [0.2, 0.25) is 0 Å². The molecule has 13 heavy (non-hydrogen) atoms. The number of nitrogens with one attached hydrogen (secondary N) is 1. The van der Waals surface area contributed by atoms with Gasteiger partial charge in [0, 0.05) is 6.04 Å². The number of hydrogen-bond donors (Lipinski definition) is 2. The van der Waals surface area contributed by atoms with E-state index in [0.29, 0.717) is 17.9 Å². The van der Waals surface area contributed by atoms with Crippen molar-refractivity contribution >= 4 is 0 Å². The zero-order chi connectivity index (χ0) is 10.1. The smallest absolute Gasteiger partial charge is 0.0845 e. The molecular formula is C11H23NO. The summed E-state index contributed by atoms with van der Waals surface area (Å²) < 4.78 is 0. The molecular weight excluding hydrogens is 162 g/mol. The first-order valence-corrected chi connectivity index (χ1v) is 5.45. The summed E-state index contributed by atoms with van der Waals surface area (Å²) in [6, 6.07) is 0.299. The molecule has 1 unspecified atom stereocenters. The highest BCUT2D eigenvalue weighted by atomic mass is 16.3. The lowest BCUT2D eigenvalue weighted by atomic mass is 9.74. The average Bonchev–Trinajstić information content (AvgIpc) is 2.54. The van der Waals surface area contributed by atoms with Crippen LogP contribution in [0.3, 0.4) is 0 Å². The Morgan fingerprint density at radius 2 is 1.77 bits per heavy atom. The quantitative estimate of drug-likeness (QED) is 0.702. The molecule has 2 heteroatoms. The third-order valence-corrected chi connectivity index (χ3v) is 3.47. The Kier molecular flexibility index (Phi) is 3.36. The predicted octanol–water partition coefficient (Wildman–Crippen LogP) is 1.78. The molecule has 0 spiro atoms. The molecule has 1 heterocycles. The third-order valence-electron chi connectivity index (χ3n) is 3.47. The molecule has 0 aromatic rings. The van der Waals surface area contributed by atoms with Gasteiger partial charge in [-0.25, -0.2) is 0 Å². The molecule has 1 fully saturated rings. The zero-order valence-electron chi connectivity index (χ0n) is 9.30. The maximum absolute atomic E-state index is 10.6. The van der Waals surface area contributed by atoms with Crippen LogP contribution in [0.5, 0.6) is 0 Å². The van der Waals surface area contributed by atoms with Crippen molar-refractivity contribution in [2.75, 3.05) is 6.54 Å². The topological polar surface area (TPSA) is 32.3 Å². The molecule has 0 amide bonds. The fourth-order valence-corrected chi connectivity index (χ4v) is 2.55. The summed E-state index contributed by atoms with van der Waals surface area (Å²) in [5.41, 5.74) is -0.531. The Morgan fingerprint density at radius 1 is 1.23 bits per heavy atom. The van der Waals surface area contributed by atoms with E-state index in [-0.39, 0.29) is 0 Å². The van der Waals surface area contributed by atoms with Crippen molar-refractivity contribution in [2.24, 2.45) is 11.8 Å². The Labute approximate surface area is 81.7 Å². The summed E-state index contributed by atoms with van der Waals surface area (Å²) in [6.45, 7) is 9.51. The van der Waals surface area contributed by atoms with E-state index < -0.39 is 5.60 Å². The van der Waals surface area contributed by atoms with Crippen molar-refractivity contribution in [3.05, 3.63) is 0 Å². The second kappa shape index (κ2) is 3.97. The van der Waals surface area contributed by atoms with Gasteiger partial charge in [-0.3, -0.25) is 0 Å². The molecule has 0 radical (unpaired) electrons. The zero-order valence-corrected chi connectivity index (χ0v) is 9.30. The predicted molar refractivity (Wildman–Crippen MR) is 55.7 cm³/mol. The SMILES string of the molecule is CC(C)C(O)(C(C)C)C1CCCN1. The first kappa shape index (κ1) is 11.0. The van der Waals surface area contributed by atoms with Gasteiger partial charge < -0.3 is 10.4 Å². The normalized spacial score (nSPS) is 24.7. The molecule has 78 valence electrons. The van der Waals surface area contributed by atoms with Gasteiger partial charge in [0.25, 0.3) is 0 Å². The minimum atomic E-state index is -0.531. The number of rotatable bonds is 3. The fourth-order valence-electron chi connectivity index (χ4n) is 2.55. The fraction of sp³-hybridized carbons (Fsp3) is 1.00. The van der Waals surface area contributed by atoms with Crippen LogP contribution < -0.4 is 5.32 Å². The minimum Gasteiger partial charge on any atom is -0.388 e. The molecule has 0 aromatic carbocycles. The molecule has 2 N–H and O–H groups in total. The first-order chi connectivity index (χ1) is 5.99. The van der Waals surface area contributed by atoms with Gasteiger partial charge in [-0.2, -0.15) is 0 Å². The Balaban J connectivity index is 2.76. The van der Waals surface area contributed by atoms with E-state index in [1.807, 2.05) is 0 Å². The van der Waals surface area contributed by atoms with Gasteiger partial charge in [0.05, 0.1) is 5.60 Å². The van der Waals surface area contributed by atoms with Crippen LogP contribution >= 0.6 is 0 Å². The van der Waals surface area contributed by atoms with Crippen LogP contribution in [0.25, 0.3) is 0 Å². The molecule has 0 aliphatic carbocycles. The lowest BCUT2D eigenvalue weighted by Gasteiger charge is -2.41. The van der Waals surface area contributed by atoms with E-state index in [1.165, 1.54) is 6.42 Å². The second-order valence-electron chi connectivity index (χ2n) is 4.85. The van der Waals surface area contributed by atoms with E-state index in [0.717, 1.165) is 13.0 Å². The number of aliphatic hydroxyl groups is 1. The van der Waals surface area contributed by atoms with E-state index >= 15 is 0 Å². The lowest BCUT2D eigenvalue weighted by Crippen LogP contribution is -2.55. The van der Waals surface area contributed by atoms with Gasteiger partial charge in [0.1, 0.15) is 0 Å². The highest BCUT2D eigenvalue weighted by Gasteiger charge is 2.43. The summed E-state index contributed by atoms with van der Waals surface area (Å²) in [7, 11) is 0. The van der Waals surface area contributed by atoms with Gasteiger partial charge in [0.2, 0.25) is 0 Å². The monoisotopic (exact) mass is 185 g/mol. The van der Waals surface area contributed by atoms with Gasteiger partial charge >= 0.3 is 0 Å². The molecule has 1 atom stereocenters. The van der Waals surface area contributed by atoms with Gasteiger partial charge in [-0.05, 0) is 31.2 Å². The Hall–Kier alpha value is -0.0800. The molecule has 1 aliphatic rings. The Bertz CT molecular complexity index is 151. The maximum Gasteiger partial charge on any atom is 0.0845 e. The highest BCUT2D eigenvalue weighted by molar-refractivity contribution is 4.98. The number of hydrogen-bond acceptors (Lipinski definition) is 2. The molecule has 0 aromatic heterocycles. The van der Waals surface area contributed by atoms with Crippen molar-refractivity contribution < 1.29 is 5.11 Å². The minimum absolute atomic E-state index is 0.299. The standard InChI is InChI=1S/C11H23NO/c1-8(2)11(13,9(3)4)10-6-5-7-12-10/h8-10,12-13H,5-7H2,1-4H3. The van der Waals surface area contributed by atoms with Crippen molar-refractivity contribution in [1.29, 1.82) is 0 Å². The van der Waals surface area contributed by atoms with Gasteiger partial charge in [0.15, 0.2) is 0 Å². The first-order valence-electron chi connectivity index (χ1n) is 5.45. The summed E-state index contributed by atoms with van der Waals surface area (Å²) in [6.07, 6.45) is 2.32. The van der Waals surface area contributed by atoms with Crippen LogP contribution in [0.4, 0.5) is 0 Å². The van der Waals surface area contributed by atoms with E-state index in [9.17, 15) is 5.11 Å². The lowest BCUT2D eigenvalue weighted by molar-refractivity contribution is -0.0729. The summed E-state index contributed by atoms with van der Waals surface area (Å²) in [5, 5.41) is 14.0. The van der Waals surface area contributed by atoms with Crippen molar-refractivity contribution in [3.63, 3.8) is 0 Å². The molecule has 2 nitrogen and oxygen atoms in total. The summed E-state index contributed by atoms with van der Waals surface area (Å²) in [5.74, 6) is 0.645. The van der Waals surface area contributed by atoms with E-state index in [4.69, 9.17) is 0 Å². The Morgan fingerprint density at radius 3 is 2.08 bits per heavy atom. The largest absolute Gasteiger partial charge is 0.388 e. The van der Waals surface area contributed by atoms with Crippen LogP contribution in [0.1, 0.15) is 40.5 Å². The van der Waals surface area contributed by atoms with Crippen molar-refractivity contribution in [3.8, 4) is 0 Å². The third kappa shape index (κ3) is 1.89. The van der Waals surface area contributed by atoms with Crippen molar-refractivity contribution in [2.45, 2.75) is 52.2 Å². The molecule has 0 saturated carbocycles. The summed E-state index contributed by atoms with van der Waals surface area (Å²) >= 11 is 0.